The minimum atomic E-state index is -0.603. The Balaban J connectivity index is 1.74. The van der Waals surface area contributed by atoms with E-state index in [0.29, 0.717) is 17.3 Å². The summed E-state index contributed by atoms with van der Waals surface area (Å²) in [5.41, 5.74) is 2.07. The molecular weight excluding hydrogens is 330 g/mol. The molecule has 0 radical (unpaired) electrons. The summed E-state index contributed by atoms with van der Waals surface area (Å²) in [6.07, 6.45) is 1.43. The molecule has 1 aliphatic heterocycles. The third-order valence-electron chi connectivity index (χ3n) is 4.36. The molecule has 2 heterocycles. The Morgan fingerprint density at radius 3 is 2.62 bits per heavy atom. The van der Waals surface area contributed by atoms with E-state index in [2.05, 4.69) is 27.3 Å². The zero-order valence-corrected chi connectivity index (χ0v) is 13.8. The van der Waals surface area contributed by atoms with Crippen molar-refractivity contribution in [1.29, 1.82) is 0 Å². The van der Waals surface area contributed by atoms with Gasteiger partial charge in [-0.05, 0) is 29.8 Å². The highest BCUT2D eigenvalue weighted by atomic mass is 16.3. The molecule has 0 fully saturated rings. The Kier molecular flexibility index (Phi) is 3.89. The van der Waals surface area contributed by atoms with Crippen LogP contribution in [0.25, 0.3) is 0 Å². The van der Waals surface area contributed by atoms with Crippen LogP contribution in [0.4, 0.5) is 11.6 Å². The van der Waals surface area contributed by atoms with E-state index < -0.39 is 12.0 Å². The molecule has 26 heavy (non-hydrogen) atoms. The van der Waals surface area contributed by atoms with E-state index in [4.69, 9.17) is 0 Å². The second-order valence-electron chi connectivity index (χ2n) is 6.05. The van der Waals surface area contributed by atoms with Gasteiger partial charge in [-0.15, -0.1) is 0 Å². The van der Waals surface area contributed by atoms with E-state index >= 15 is 0 Å². The number of carbonyl (C=O) groups excluding carboxylic acids is 1. The normalized spacial score (nSPS) is 18.7. The van der Waals surface area contributed by atoms with Crippen molar-refractivity contribution in [3.63, 3.8) is 0 Å². The molecule has 3 aromatic rings. The van der Waals surface area contributed by atoms with Crippen LogP contribution in [0, 0.1) is 5.92 Å². The Morgan fingerprint density at radius 2 is 1.88 bits per heavy atom. The van der Waals surface area contributed by atoms with Gasteiger partial charge in [0.25, 0.3) is 0 Å². The van der Waals surface area contributed by atoms with Crippen molar-refractivity contribution < 1.29 is 9.90 Å². The van der Waals surface area contributed by atoms with Crippen LogP contribution in [0.5, 0.6) is 5.75 Å². The number of aromatic hydroxyl groups is 1. The number of aromatic nitrogens is 3. The lowest BCUT2D eigenvalue weighted by Gasteiger charge is -2.33. The number of hydrogen-bond acceptors (Lipinski definition) is 5. The highest BCUT2D eigenvalue weighted by Gasteiger charge is 2.39. The van der Waals surface area contributed by atoms with Crippen LogP contribution < -0.4 is 10.6 Å². The van der Waals surface area contributed by atoms with E-state index in [1.807, 2.05) is 30.3 Å². The first-order valence-electron chi connectivity index (χ1n) is 8.13. The van der Waals surface area contributed by atoms with E-state index in [1.54, 1.807) is 28.9 Å². The van der Waals surface area contributed by atoms with Crippen molar-refractivity contribution in [2.45, 2.75) is 6.04 Å². The summed E-state index contributed by atoms with van der Waals surface area (Å²) < 4.78 is 1.66. The molecular formula is C19H17N5O2. The number of hydrogen-bond donors (Lipinski definition) is 3. The molecule has 4 rings (SSSR count). The quantitative estimate of drug-likeness (QED) is 0.677. The van der Waals surface area contributed by atoms with Gasteiger partial charge in [0.2, 0.25) is 11.9 Å². The molecule has 0 saturated carbocycles. The van der Waals surface area contributed by atoms with E-state index in [-0.39, 0.29) is 11.7 Å². The number of para-hydroxylation sites is 1. The molecule has 2 aromatic carbocycles. The smallest absolute Gasteiger partial charge is 0.235 e. The second-order valence-corrected chi connectivity index (χ2v) is 6.05. The number of anilines is 2. The minimum Gasteiger partial charge on any atom is -0.508 e. The van der Waals surface area contributed by atoms with Gasteiger partial charge < -0.3 is 15.7 Å². The lowest BCUT2D eigenvalue weighted by Crippen LogP contribution is -2.39. The summed E-state index contributed by atoms with van der Waals surface area (Å²) in [4.78, 5) is 17.2. The molecule has 0 saturated heterocycles. The average Bonchev–Trinajstić information content (AvgIpc) is 3.10. The van der Waals surface area contributed by atoms with Gasteiger partial charge in [0.1, 0.15) is 18.0 Å². The monoisotopic (exact) mass is 347 g/mol. The maximum absolute atomic E-state index is 13.0. The standard InChI is InChI=1S/C19H17N5O2/c1-12-16(18(26)23-14-5-3-2-4-6-14)17(13-7-9-15(25)10-8-13)24-19(22-12)20-11-21-24/h2-11,16-17,25H,1H2,(H,23,26)(H,20,21,22). The van der Waals surface area contributed by atoms with Crippen LogP contribution in [0.2, 0.25) is 0 Å². The molecule has 0 bridgehead atoms. The third kappa shape index (κ3) is 2.79. The van der Waals surface area contributed by atoms with Crippen molar-refractivity contribution in [3.8, 4) is 5.75 Å². The highest BCUT2D eigenvalue weighted by Crippen LogP contribution is 2.38. The first-order chi connectivity index (χ1) is 12.6. The van der Waals surface area contributed by atoms with Crippen LogP contribution in [0.1, 0.15) is 11.6 Å². The number of benzene rings is 2. The number of phenolic OH excluding ortho intramolecular Hbond substituents is 1. The van der Waals surface area contributed by atoms with Crippen molar-refractivity contribution in [3.05, 3.63) is 78.8 Å². The summed E-state index contributed by atoms with van der Waals surface area (Å²) in [5.74, 6) is -0.121. The maximum Gasteiger partial charge on any atom is 0.235 e. The summed E-state index contributed by atoms with van der Waals surface area (Å²) in [7, 11) is 0. The fraction of sp³-hybridized carbons (Fsp3) is 0.105. The second kappa shape index (κ2) is 6.36. The molecule has 7 heteroatoms. The van der Waals surface area contributed by atoms with E-state index in [9.17, 15) is 9.90 Å². The molecule has 1 aromatic heterocycles. The molecule has 1 amide bonds. The summed E-state index contributed by atoms with van der Waals surface area (Å²) >= 11 is 0. The molecule has 7 nitrogen and oxygen atoms in total. The van der Waals surface area contributed by atoms with Crippen LogP contribution in [0.15, 0.2) is 73.2 Å². The Hall–Kier alpha value is -3.61. The van der Waals surface area contributed by atoms with Gasteiger partial charge >= 0.3 is 0 Å². The maximum atomic E-state index is 13.0. The predicted octanol–water partition coefficient (Wildman–Crippen LogP) is 2.77. The Labute approximate surface area is 150 Å². The summed E-state index contributed by atoms with van der Waals surface area (Å²) in [5, 5.41) is 19.8. The number of nitrogens with one attached hydrogen (secondary N) is 2. The SMILES string of the molecule is C=C1Nc2ncnn2C(c2ccc(O)cc2)C1C(=O)Nc1ccccc1. The first-order valence-corrected chi connectivity index (χ1v) is 8.13. The average molecular weight is 347 g/mol. The van der Waals surface area contributed by atoms with Crippen LogP contribution in [0.3, 0.4) is 0 Å². The topological polar surface area (TPSA) is 92.1 Å². The third-order valence-corrected chi connectivity index (χ3v) is 4.36. The van der Waals surface area contributed by atoms with Crippen molar-refractivity contribution in [1.82, 2.24) is 14.8 Å². The van der Waals surface area contributed by atoms with E-state index in [0.717, 1.165) is 5.56 Å². The highest BCUT2D eigenvalue weighted by molar-refractivity contribution is 5.95. The van der Waals surface area contributed by atoms with Gasteiger partial charge in [0.15, 0.2) is 0 Å². The number of phenols is 1. The molecule has 0 aliphatic carbocycles. The molecule has 2 atom stereocenters. The number of amides is 1. The predicted molar refractivity (Wildman–Crippen MR) is 97.6 cm³/mol. The fourth-order valence-corrected chi connectivity index (χ4v) is 3.14. The first kappa shape index (κ1) is 15.9. The Morgan fingerprint density at radius 1 is 1.15 bits per heavy atom. The summed E-state index contributed by atoms with van der Waals surface area (Å²) in [6, 6.07) is 15.5. The van der Waals surface area contributed by atoms with Crippen molar-refractivity contribution in [2.75, 3.05) is 10.6 Å². The largest absolute Gasteiger partial charge is 0.508 e. The number of nitrogens with zero attached hydrogens (tertiary/aromatic N) is 3. The van der Waals surface area contributed by atoms with Gasteiger partial charge in [0.05, 0.1) is 6.04 Å². The molecule has 2 unspecified atom stereocenters. The van der Waals surface area contributed by atoms with Gasteiger partial charge in [-0.1, -0.05) is 36.9 Å². The number of carbonyl (C=O) groups is 1. The van der Waals surface area contributed by atoms with Gasteiger partial charge in [-0.25, -0.2) is 4.68 Å². The van der Waals surface area contributed by atoms with Crippen LogP contribution >= 0.6 is 0 Å². The van der Waals surface area contributed by atoms with E-state index in [1.165, 1.54) is 6.33 Å². The molecule has 0 spiro atoms. The molecule has 1 aliphatic rings. The number of rotatable bonds is 3. The van der Waals surface area contributed by atoms with Crippen molar-refractivity contribution in [2.24, 2.45) is 5.92 Å². The zero-order valence-electron chi connectivity index (χ0n) is 13.8. The van der Waals surface area contributed by atoms with Crippen LogP contribution in [-0.4, -0.2) is 25.8 Å². The fourth-order valence-electron chi connectivity index (χ4n) is 3.14. The molecule has 3 N–H and O–H groups in total. The lowest BCUT2D eigenvalue weighted by molar-refractivity contribution is -0.119. The number of fused-ring (bicyclic) bond motifs is 1. The minimum absolute atomic E-state index is 0.158. The summed E-state index contributed by atoms with van der Waals surface area (Å²) in [6.45, 7) is 4.03. The van der Waals surface area contributed by atoms with Crippen LogP contribution in [-0.2, 0) is 4.79 Å². The lowest BCUT2D eigenvalue weighted by atomic mass is 9.88. The van der Waals surface area contributed by atoms with Gasteiger partial charge in [0, 0.05) is 11.4 Å². The van der Waals surface area contributed by atoms with Gasteiger partial charge in [-0.2, -0.15) is 10.1 Å². The van der Waals surface area contributed by atoms with Gasteiger partial charge in [-0.3, -0.25) is 4.79 Å². The molecule has 130 valence electrons. The zero-order chi connectivity index (χ0) is 18.1. The van der Waals surface area contributed by atoms with Crippen molar-refractivity contribution >= 4 is 17.5 Å². The Bertz CT molecular complexity index is 950.